The monoisotopic (exact) mass is 410 g/mol. The average Bonchev–Trinajstić information content (AvgIpc) is 2.73. The number of hydrogen-bond acceptors (Lipinski definition) is 3. The molecule has 2 N–H and O–H groups in total. The van der Waals surface area contributed by atoms with Crippen LogP contribution in [0.25, 0.3) is 0 Å². The van der Waals surface area contributed by atoms with Crippen LogP contribution in [0, 0.1) is 11.6 Å². The van der Waals surface area contributed by atoms with Gasteiger partial charge in [-0.15, -0.1) is 0 Å². The number of carbonyl (C=O) groups is 2. The van der Waals surface area contributed by atoms with Crippen molar-refractivity contribution in [1.29, 1.82) is 0 Å². The average molecular weight is 410 g/mol. The van der Waals surface area contributed by atoms with E-state index in [9.17, 15) is 18.4 Å². The van der Waals surface area contributed by atoms with Gasteiger partial charge in [-0.1, -0.05) is 36.4 Å². The maximum Gasteiger partial charge on any atom is 0.326 e. The van der Waals surface area contributed by atoms with Crippen molar-refractivity contribution in [3.8, 4) is 5.75 Å². The molecule has 0 fully saturated rings. The Balaban J connectivity index is 1.45. The minimum Gasteiger partial charge on any atom is -0.494 e. The number of rotatable bonds is 7. The standard InChI is InChI=1S/C23H20F2N2O3/c24-19-9-4-10-20(25)21(19)22(28)27-23(29)26-17-11-13-18(14-12-17)30-15-5-8-16-6-2-1-3-7-16/h1-4,6-7,9-14H,5,8,15H2,(H2,26,27,28,29). The van der Waals surface area contributed by atoms with Crippen molar-refractivity contribution >= 4 is 17.6 Å². The maximum absolute atomic E-state index is 13.6. The van der Waals surface area contributed by atoms with Crippen molar-refractivity contribution in [2.75, 3.05) is 11.9 Å². The van der Waals surface area contributed by atoms with E-state index >= 15 is 0 Å². The Kier molecular flexibility index (Phi) is 7.10. The third-order valence-corrected chi connectivity index (χ3v) is 4.25. The van der Waals surface area contributed by atoms with Crippen LogP contribution in [0.5, 0.6) is 5.75 Å². The number of imide groups is 1. The smallest absolute Gasteiger partial charge is 0.326 e. The fourth-order valence-electron chi connectivity index (χ4n) is 2.79. The number of benzene rings is 3. The first-order valence-corrected chi connectivity index (χ1v) is 9.36. The molecule has 0 heterocycles. The van der Waals surface area contributed by atoms with Gasteiger partial charge in [0.2, 0.25) is 0 Å². The van der Waals surface area contributed by atoms with Crippen LogP contribution in [0.15, 0.2) is 72.8 Å². The van der Waals surface area contributed by atoms with Crippen molar-refractivity contribution in [1.82, 2.24) is 5.32 Å². The van der Waals surface area contributed by atoms with Gasteiger partial charge in [0.25, 0.3) is 5.91 Å². The van der Waals surface area contributed by atoms with Crippen LogP contribution in [0.4, 0.5) is 19.3 Å². The third kappa shape index (κ3) is 5.88. The lowest BCUT2D eigenvalue weighted by Gasteiger charge is -2.09. The summed E-state index contributed by atoms with van der Waals surface area (Å²) in [5.41, 5.74) is 0.828. The molecule has 0 atom stereocenters. The molecule has 154 valence electrons. The highest BCUT2D eigenvalue weighted by Gasteiger charge is 2.19. The first kappa shape index (κ1) is 21.0. The van der Waals surface area contributed by atoms with Gasteiger partial charge in [-0.3, -0.25) is 10.1 Å². The summed E-state index contributed by atoms with van der Waals surface area (Å²) < 4.78 is 32.9. The highest BCUT2D eigenvalue weighted by atomic mass is 19.1. The third-order valence-electron chi connectivity index (χ3n) is 4.25. The molecule has 3 aromatic rings. The van der Waals surface area contributed by atoms with Gasteiger partial charge in [-0.25, -0.2) is 13.6 Å². The Morgan fingerprint density at radius 1 is 0.833 bits per heavy atom. The van der Waals surface area contributed by atoms with E-state index < -0.39 is 29.1 Å². The number of urea groups is 1. The fraction of sp³-hybridized carbons (Fsp3) is 0.130. The summed E-state index contributed by atoms with van der Waals surface area (Å²) >= 11 is 0. The Bertz CT molecular complexity index is 988. The van der Waals surface area contributed by atoms with Gasteiger partial charge in [-0.05, 0) is 54.8 Å². The van der Waals surface area contributed by atoms with E-state index in [1.807, 2.05) is 23.5 Å². The van der Waals surface area contributed by atoms with Crippen LogP contribution < -0.4 is 15.4 Å². The van der Waals surface area contributed by atoms with Crippen LogP contribution in [0.2, 0.25) is 0 Å². The summed E-state index contributed by atoms with van der Waals surface area (Å²) in [6.07, 6.45) is 1.78. The minimum absolute atomic E-state index is 0.394. The summed E-state index contributed by atoms with van der Waals surface area (Å²) in [6.45, 7) is 0.546. The molecule has 0 bridgehead atoms. The van der Waals surface area contributed by atoms with Crippen molar-refractivity contribution in [2.24, 2.45) is 0 Å². The number of amides is 3. The molecule has 7 heteroatoms. The molecule has 5 nitrogen and oxygen atoms in total. The number of anilines is 1. The number of carbonyl (C=O) groups excluding carboxylic acids is 2. The van der Waals surface area contributed by atoms with Gasteiger partial charge in [0.15, 0.2) is 0 Å². The van der Waals surface area contributed by atoms with Crippen LogP contribution in [0.3, 0.4) is 0 Å². The molecule has 0 aliphatic rings. The second-order valence-electron chi connectivity index (χ2n) is 6.47. The molecular formula is C23H20F2N2O3. The molecular weight excluding hydrogens is 390 g/mol. The summed E-state index contributed by atoms with van der Waals surface area (Å²) in [6, 6.07) is 18.8. The van der Waals surface area contributed by atoms with Gasteiger partial charge >= 0.3 is 6.03 Å². The second-order valence-corrected chi connectivity index (χ2v) is 6.47. The predicted molar refractivity (Wildman–Crippen MR) is 110 cm³/mol. The minimum atomic E-state index is -1.17. The van der Waals surface area contributed by atoms with Gasteiger partial charge in [-0.2, -0.15) is 0 Å². The zero-order valence-corrected chi connectivity index (χ0v) is 16.0. The largest absolute Gasteiger partial charge is 0.494 e. The second kappa shape index (κ2) is 10.2. The number of nitrogens with one attached hydrogen (secondary N) is 2. The molecule has 0 radical (unpaired) electrons. The molecule has 0 saturated heterocycles. The van der Waals surface area contributed by atoms with E-state index in [4.69, 9.17) is 4.74 Å². The highest BCUT2D eigenvalue weighted by Crippen LogP contribution is 2.17. The normalized spacial score (nSPS) is 10.3. The highest BCUT2D eigenvalue weighted by molar-refractivity contribution is 6.08. The fourth-order valence-corrected chi connectivity index (χ4v) is 2.79. The van der Waals surface area contributed by atoms with E-state index in [0.29, 0.717) is 18.0 Å². The van der Waals surface area contributed by atoms with Crippen molar-refractivity contribution in [3.63, 3.8) is 0 Å². The molecule has 0 unspecified atom stereocenters. The van der Waals surface area contributed by atoms with Crippen molar-refractivity contribution in [3.05, 3.63) is 95.6 Å². The Hall–Kier alpha value is -3.74. The van der Waals surface area contributed by atoms with Crippen molar-refractivity contribution in [2.45, 2.75) is 12.8 Å². The number of hydrogen-bond donors (Lipinski definition) is 2. The van der Waals surface area contributed by atoms with E-state index in [2.05, 4.69) is 17.4 Å². The Morgan fingerprint density at radius 3 is 2.17 bits per heavy atom. The Labute approximate surface area is 172 Å². The quantitative estimate of drug-likeness (QED) is 0.542. The number of ether oxygens (including phenoxy) is 1. The molecule has 0 saturated carbocycles. The summed E-state index contributed by atoms with van der Waals surface area (Å²) in [5.74, 6) is -2.62. The maximum atomic E-state index is 13.6. The SMILES string of the molecule is O=C(NC(=O)c1c(F)cccc1F)Nc1ccc(OCCCc2ccccc2)cc1. The molecule has 30 heavy (non-hydrogen) atoms. The van der Waals surface area contributed by atoms with Crippen molar-refractivity contribution < 1.29 is 23.1 Å². The van der Waals surface area contributed by atoms with E-state index in [-0.39, 0.29) is 0 Å². The zero-order valence-electron chi connectivity index (χ0n) is 16.0. The van der Waals surface area contributed by atoms with Crippen LogP contribution in [-0.2, 0) is 6.42 Å². The summed E-state index contributed by atoms with van der Waals surface area (Å²) in [4.78, 5) is 23.8. The van der Waals surface area contributed by atoms with Crippen LogP contribution in [-0.4, -0.2) is 18.5 Å². The molecule has 3 rings (SSSR count). The lowest BCUT2D eigenvalue weighted by Crippen LogP contribution is -2.35. The lowest BCUT2D eigenvalue weighted by molar-refractivity contribution is 0.0959. The predicted octanol–water partition coefficient (Wildman–Crippen LogP) is 4.94. The van der Waals surface area contributed by atoms with Crippen LogP contribution in [0.1, 0.15) is 22.3 Å². The summed E-state index contributed by atoms with van der Waals surface area (Å²) in [5, 5.41) is 4.32. The van der Waals surface area contributed by atoms with E-state index in [1.165, 1.54) is 5.56 Å². The molecule has 3 amide bonds. The number of halogens is 2. The van der Waals surface area contributed by atoms with Gasteiger partial charge in [0, 0.05) is 5.69 Å². The molecule has 0 aliphatic heterocycles. The van der Waals surface area contributed by atoms with E-state index in [0.717, 1.165) is 31.0 Å². The Morgan fingerprint density at radius 2 is 1.50 bits per heavy atom. The molecule has 0 spiro atoms. The van der Waals surface area contributed by atoms with Crippen LogP contribution >= 0.6 is 0 Å². The van der Waals surface area contributed by atoms with Gasteiger partial charge < -0.3 is 10.1 Å². The molecule has 3 aromatic carbocycles. The van der Waals surface area contributed by atoms with Gasteiger partial charge in [0.05, 0.1) is 6.61 Å². The van der Waals surface area contributed by atoms with Gasteiger partial charge in [0.1, 0.15) is 22.9 Å². The molecule has 0 aromatic heterocycles. The topological polar surface area (TPSA) is 67.4 Å². The summed E-state index contributed by atoms with van der Waals surface area (Å²) in [7, 11) is 0. The number of aryl methyl sites for hydroxylation is 1. The van der Waals surface area contributed by atoms with E-state index in [1.54, 1.807) is 24.3 Å². The molecule has 0 aliphatic carbocycles. The zero-order chi connectivity index (χ0) is 21.3. The first-order chi connectivity index (χ1) is 14.5. The first-order valence-electron chi connectivity index (χ1n) is 9.36. The lowest BCUT2D eigenvalue weighted by atomic mass is 10.1.